The summed E-state index contributed by atoms with van der Waals surface area (Å²) in [6, 6.07) is 8.59. The number of carbonyl (C=O) groups excluding carboxylic acids is 1. The average Bonchev–Trinajstić information content (AvgIpc) is 3.29. The molecule has 1 amide bonds. The Hall–Kier alpha value is -2.65. The minimum absolute atomic E-state index is 0.0420. The lowest BCUT2D eigenvalue weighted by atomic mass is 10.2. The molecule has 1 aliphatic heterocycles. The maximum Gasteiger partial charge on any atom is 0.416 e. The fraction of sp³-hybridized carbons (Fsp3) is 0.300. The smallest absolute Gasteiger partial charge is 0.416 e. The summed E-state index contributed by atoms with van der Waals surface area (Å²) in [6.07, 6.45) is -3.19. The van der Waals surface area contributed by atoms with Crippen LogP contribution in [0.4, 0.5) is 18.9 Å². The van der Waals surface area contributed by atoms with Crippen molar-refractivity contribution in [3.05, 3.63) is 69.6 Å². The van der Waals surface area contributed by atoms with Gasteiger partial charge in [-0.05, 0) is 29.6 Å². The highest BCUT2D eigenvalue weighted by Crippen LogP contribution is 2.30. The van der Waals surface area contributed by atoms with Crippen LogP contribution in [-0.4, -0.2) is 28.9 Å². The Labute approximate surface area is 169 Å². The van der Waals surface area contributed by atoms with Crippen LogP contribution in [0, 0.1) is 0 Å². The number of anilines is 1. The molecule has 9 heteroatoms. The van der Waals surface area contributed by atoms with Crippen molar-refractivity contribution in [1.29, 1.82) is 0 Å². The molecular formula is C20H18F3N3O2S. The number of alkyl halides is 3. The predicted octanol–water partition coefficient (Wildman–Crippen LogP) is 4.61. The number of rotatable bonds is 4. The monoisotopic (exact) mass is 421 g/mol. The zero-order chi connectivity index (χ0) is 20.4. The zero-order valence-electron chi connectivity index (χ0n) is 15.3. The van der Waals surface area contributed by atoms with Gasteiger partial charge in [0.05, 0.1) is 11.3 Å². The summed E-state index contributed by atoms with van der Waals surface area (Å²) < 4.78 is 44.1. The minimum atomic E-state index is -4.48. The number of oxazole rings is 1. The normalized spacial score (nSPS) is 15.0. The third-order valence-corrected chi connectivity index (χ3v) is 5.56. The van der Waals surface area contributed by atoms with Crippen LogP contribution in [0.25, 0.3) is 0 Å². The molecule has 0 saturated heterocycles. The number of carbonyl (C=O) groups is 1. The van der Waals surface area contributed by atoms with Crippen molar-refractivity contribution >= 4 is 22.9 Å². The molecule has 4 rings (SSSR count). The van der Waals surface area contributed by atoms with E-state index >= 15 is 0 Å². The summed E-state index contributed by atoms with van der Waals surface area (Å²) in [5.74, 6) is -0.125. The third kappa shape index (κ3) is 4.68. The molecule has 5 nitrogen and oxygen atoms in total. The maximum atomic E-state index is 12.8. The molecule has 29 heavy (non-hydrogen) atoms. The molecule has 0 fully saturated rings. The van der Waals surface area contributed by atoms with Gasteiger partial charge in [0.25, 0.3) is 5.89 Å². The van der Waals surface area contributed by atoms with Crippen molar-refractivity contribution in [1.82, 2.24) is 9.88 Å². The molecule has 0 spiro atoms. The average molecular weight is 421 g/mol. The van der Waals surface area contributed by atoms with E-state index in [1.165, 1.54) is 17.0 Å². The van der Waals surface area contributed by atoms with Crippen molar-refractivity contribution in [3.63, 3.8) is 0 Å². The Balaban J connectivity index is 1.41. The lowest BCUT2D eigenvalue weighted by Gasteiger charge is -2.18. The highest BCUT2D eigenvalue weighted by atomic mass is 32.1. The summed E-state index contributed by atoms with van der Waals surface area (Å²) in [4.78, 5) is 20.3. The molecule has 0 unspecified atom stereocenters. The van der Waals surface area contributed by atoms with Gasteiger partial charge in [0, 0.05) is 43.0 Å². The van der Waals surface area contributed by atoms with E-state index in [0.29, 0.717) is 18.6 Å². The number of hydrogen-bond acceptors (Lipinski definition) is 5. The predicted molar refractivity (Wildman–Crippen MR) is 103 cm³/mol. The molecule has 0 saturated carbocycles. The summed E-state index contributed by atoms with van der Waals surface area (Å²) >= 11 is 1.71. The van der Waals surface area contributed by atoms with Gasteiger partial charge in [-0.2, -0.15) is 13.2 Å². The van der Waals surface area contributed by atoms with E-state index in [4.69, 9.17) is 4.42 Å². The number of nitrogens with zero attached hydrogens (tertiary/aromatic N) is 2. The van der Waals surface area contributed by atoms with Crippen molar-refractivity contribution in [3.8, 4) is 0 Å². The first-order valence-electron chi connectivity index (χ1n) is 9.10. The SMILES string of the molecule is O=C(Nc1cccc(C(F)(F)F)c1)c1nc2c(o1)CCN(Cc1cccs1)CC2. The Kier molecular flexibility index (Phi) is 5.42. The van der Waals surface area contributed by atoms with E-state index in [1.807, 2.05) is 11.4 Å². The number of halogens is 3. The summed E-state index contributed by atoms with van der Waals surface area (Å²) in [7, 11) is 0. The first-order chi connectivity index (χ1) is 13.9. The van der Waals surface area contributed by atoms with Gasteiger partial charge in [-0.3, -0.25) is 9.69 Å². The number of thiophene rings is 1. The molecule has 1 N–H and O–H groups in total. The highest BCUT2D eigenvalue weighted by molar-refractivity contribution is 7.09. The first kappa shape index (κ1) is 19.7. The molecule has 1 aromatic carbocycles. The fourth-order valence-electron chi connectivity index (χ4n) is 3.25. The molecule has 3 heterocycles. The van der Waals surface area contributed by atoms with Gasteiger partial charge in [0.2, 0.25) is 0 Å². The van der Waals surface area contributed by atoms with Gasteiger partial charge < -0.3 is 9.73 Å². The van der Waals surface area contributed by atoms with Crippen LogP contribution in [-0.2, 0) is 25.6 Å². The molecule has 0 radical (unpaired) electrons. The van der Waals surface area contributed by atoms with Crippen molar-refractivity contribution in [2.45, 2.75) is 25.6 Å². The van der Waals surface area contributed by atoms with Gasteiger partial charge in [0.15, 0.2) is 0 Å². The molecule has 0 aliphatic carbocycles. The van der Waals surface area contributed by atoms with Crippen LogP contribution < -0.4 is 5.32 Å². The molecule has 0 bridgehead atoms. The Morgan fingerprint density at radius 1 is 1.21 bits per heavy atom. The number of fused-ring (bicyclic) bond motifs is 1. The lowest BCUT2D eigenvalue weighted by molar-refractivity contribution is -0.137. The highest BCUT2D eigenvalue weighted by Gasteiger charge is 2.30. The Morgan fingerprint density at radius 2 is 2.03 bits per heavy atom. The number of hydrogen-bond donors (Lipinski definition) is 1. The molecule has 152 valence electrons. The largest absolute Gasteiger partial charge is 0.437 e. The van der Waals surface area contributed by atoms with Gasteiger partial charge in [-0.1, -0.05) is 12.1 Å². The summed E-state index contributed by atoms with van der Waals surface area (Å²) in [5.41, 5.74) is -0.0578. The van der Waals surface area contributed by atoms with Crippen molar-refractivity contribution < 1.29 is 22.4 Å². The molecule has 1 aliphatic rings. The second-order valence-electron chi connectivity index (χ2n) is 6.78. The second kappa shape index (κ2) is 8.00. The standard InChI is InChI=1S/C20H18F3N3O2S/c21-20(22,23)13-3-1-4-14(11-13)24-18(27)19-25-16-6-8-26(9-7-17(16)28-19)12-15-5-2-10-29-15/h1-5,10-11H,6-9,12H2,(H,24,27). The third-order valence-electron chi connectivity index (χ3n) is 4.70. The second-order valence-corrected chi connectivity index (χ2v) is 7.81. The summed E-state index contributed by atoms with van der Waals surface area (Å²) in [5, 5.41) is 4.48. The van der Waals surface area contributed by atoms with Gasteiger partial charge >= 0.3 is 12.1 Å². The van der Waals surface area contributed by atoms with E-state index in [9.17, 15) is 18.0 Å². The molecule has 2 aromatic heterocycles. The van der Waals surface area contributed by atoms with Crippen LogP contribution in [0.5, 0.6) is 0 Å². The fourth-order valence-corrected chi connectivity index (χ4v) is 3.99. The van der Waals surface area contributed by atoms with E-state index in [0.717, 1.165) is 37.5 Å². The quantitative estimate of drug-likeness (QED) is 0.669. The van der Waals surface area contributed by atoms with Crippen LogP contribution in [0.3, 0.4) is 0 Å². The Morgan fingerprint density at radius 3 is 2.79 bits per heavy atom. The van der Waals surface area contributed by atoms with Gasteiger partial charge in [-0.15, -0.1) is 11.3 Å². The zero-order valence-corrected chi connectivity index (χ0v) is 16.1. The van der Waals surface area contributed by atoms with Gasteiger partial charge in [0.1, 0.15) is 5.76 Å². The Bertz CT molecular complexity index is 973. The van der Waals surface area contributed by atoms with Crippen LogP contribution in [0.2, 0.25) is 0 Å². The number of benzene rings is 1. The van der Waals surface area contributed by atoms with Gasteiger partial charge in [-0.25, -0.2) is 4.98 Å². The number of aromatic nitrogens is 1. The number of amides is 1. The topological polar surface area (TPSA) is 58.4 Å². The van der Waals surface area contributed by atoms with Crippen LogP contribution in [0.1, 0.15) is 32.6 Å². The minimum Gasteiger partial charge on any atom is -0.437 e. The van der Waals surface area contributed by atoms with Crippen molar-refractivity contribution in [2.75, 3.05) is 18.4 Å². The van der Waals surface area contributed by atoms with E-state index in [1.54, 1.807) is 11.3 Å². The first-order valence-corrected chi connectivity index (χ1v) is 9.98. The van der Waals surface area contributed by atoms with E-state index in [-0.39, 0.29) is 11.6 Å². The lowest BCUT2D eigenvalue weighted by Crippen LogP contribution is -2.25. The number of nitrogens with one attached hydrogen (secondary N) is 1. The molecule has 0 atom stereocenters. The maximum absolute atomic E-state index is 12.8. The van der Waals surface area contributed by atoms with Crippen molar-refractivity contribution in [2.24, 2.45) is 0 Å². The van der Waals surface area contributed by atoms with E-state index < -0.39 is 17.6 Å². The molecular weight excluding hydrogens is 403 g/mol. The summed E-state index contributed by atoms with van der Waals surface area (Å²) in [6.45, 7) is 2.45. The van der Waals surface area contributed by atoms with E-state index in [2.05, 4.69) is 21.3 Å². The van der Waals surface area contributed by atoms with Crippen LogP contribution >= 0.6 is 11.3 Å². The van der Waals surface area contributed by atoms with Crippen LogP contribution in [0.15, 0.2) is 46.2 Å². The molecule has 3 aromatic rings.